The molecule has 0 N–H and O–H groups in total. The van der Waals surface area contributed by atoms with E-state index in [0.717, 1.165) is 31.7 Å². The van der Waals surface area contributed by atoms with Gasteiger partial charge in [0.2, 0.25) is 5.89 Å². The van der Waals surface area contributed by atoms with Crippen LogP contribution in [0.15, 0.2) is 22.9 Å². The lowest BCUT2D eigenvalue weighted by Crippen LogP contribution is -2.31. The van der Waals surface area contributed by atoms with Crippen LogP contribution in [0.25, 0.3) is 0 Å². The van der Waals surface area contributed by atoms with Crippen LogP contribution in [0.3, 0.4) is 0 Å². The van der Waals surface area contributed by atoms with Crippen molar-refractivity contribution < 1.29 is 9.32 Å². The molecule has 0 aromatic carbocycles. The molecule has 2 aliphatic rings. The molecule has 2 fully saturated rings. The minimum atomic E-state index is -0.102. The maximum Gasteiger partial charge on any atom is 0.256 e. The van der Waals surface area contributed by atoms with E-state index < -0.39 is 0 Å². The molecule has 4 heterocycles. The molecule has 0 radical (unpaired) electrons. The Morgan fingerprint density at radius 2 is 2.08 bits per heavy atom. The van der Waals surface area contributed by atoms with Crippen molar-refractivity contribution in [3.8, 4) is 0 Å². The second-order valence-electron chi connectivity index (χ2n) is 6.66. The average molecular weight is 341 g/mol. The third-order valence-electron chi connectivity index (χ3n) is 5.02. The molecule has 4 rings (SSSR count). The minimum Gasteiger partial charge on any atom is -0.357 e. The molecule has 2 saturated heterocycles. The zero-order chi connectivity index (χ0) is 17.2. The number of carbonyl (C=O) groups is 1. The van der Waals surface area contributed by atoms with Gasteiger partial charge in [-0.2, -0.15) is 4.98 Å². The van der Waals surface area contributed by atoms with Gasteiger partial charge in [-0.3, -0.25) is 4.79 Å². The van der Waals surface area contributed by atoms with Crippen LogP contribution in [0, 0.1) is 0 Å². The summed E-state index contributed by atoms with van der Waals surface area (Å²) >= 11 is 0. The van der Waals surface area contributed by atoms with Crippen molar-refractivity contribution >= 4 is 11.7 Å². The van der Waals surface area contributed by atoms with Crippen molar-refractivity contribution in [2.45, 2.75) is 45.1 Å². The van der Waals surface area contributed by atoms with Gasteiger partial charge in [0.25, 0.3) is 5.91 Å². The Balaban J connectivity index is 1.50. The van der Waals surface area contributed by atoms with Crippen LogP contribution in [-0.4, -0.2) is 45.6 Å². The maximum absolute atomic E-state index is 12.9. The number of likely N-dealkylation sites (tertiary alicyclic amines) is 1. The van der Waals surface area contributed by atoms with Gasteiger partial charge < -0.3 is 14.3 Å². The SMILES string of the molecule is CCc1nc([C@H]2CCCN2C(=O)c2ccc(N3CCCC3)nc2)no1. The molecule has 7 heteroatoms. The van der Waals surface area contributed by atoms with Gasteiger partial charge in [-0.15, -0.1) is 0 Å². The predicted octanol–water partition coefficient (Wildman–Crippen LogP) is 2.60. The standard InChI is InChI=1S/C18H23N5O2/c1-2-16-20-17(21-25-16)14-6-5-11-23(14)18(24)13-7-8-15(19-12-13)22-9-3-4-10-22/h7-8,12,14H,2-6,9-11H2,1H3/t14-/m1/s1. The van der Waals surface area contributed by atoms with E-state index >= 15 is 0 Å². The van der Waals surface area contributed by atoms with E-state index in [-0.39, 0.29) is 11.9 Å². The summed E-state index contributed by atoms with van der Waals surface area (Å²) in [6.07, 6.45) is 6.64. The first-order chi connectivity index (χ1) is 12.3. The molecule has 0 unspecified atom stereocenters. The molecule has 132 valence electrons. The highest BCUT2D eigenvalue weighted by Gasteiger charge is 2.34. The number of nitrogens with zero attached hydrogens (tertiary/aromatic N) is 5. The highest BCUT2D eigenvalue weighted by Crippen LogP contribution is 2.31. The highest BCUT2D eigenvalue weighted by atomic mass is 16.5. The molecule has 2 aliphatic heterocycles. The predicted molar refractivity (Wildman–Crippen MR) is 92.4 cm³/mol. The molecule has 2 aromatic rings. The Bertz CT molecular complexity index is 736. The molecular weight excluding hydrogens is 318 g/mol. The first-order valence-corrected chi connectivity index (χ1v) is 9.10. The summed E-state index contributed by atoms with van der Waals surface area (Å²) in [5.74, 6) is 2.18. The Morgan fingerprint density at radius 3 is 2.76 bits per heavy atom. The monoisotopic (exact) mass is 341 g/mol. The van der Waals surface area contributed by atoms with Gasteiger partial charge >= 0.3 is 0 Å². The van der Waals surface area contributed by atoms with E-state index in [1.807, 2.05) is 24.0 Å². The topological polar surface area (TPSA) is 75.4 Å². The van der Waals surface area contributed by atoms with Gasteiger partial charge in [0.05, 0.1) is 11.6 Å². The number of hydrogen-bond donors (Lipinski definition) is 0. The first kappa shape index (κ1) is 16.1. The summed E-state index contributed by atoms with van der Waals surface area (Å²) in [4.78, 5) is 25.9. The number of amides is 1. The van der Waals surface area contributed by atoms with Crippen LogP contribution in [-0.2, 0) is 6.42 Å². The summed E-state index contributed by atoms with van der Waals surface area (Å²) in [5, 5.41) is 4.06. The lowest BCUT2D eigenvalue weighted by Gasteiger charge is -2.22. The molecule has 0 spiro atoms. The van der Waals surface area contributed by atoms with Gasteiger partial charge in [-0.25, -0.2) is 4.98 Å². The van der Waals surface area contributed by atoms with Crippen molar-refractivity contribution in [1.29, 1.82) is 0 Å². The van der Waals surface area contributed by atoms with Crippen molar-refractivity contribution in [1.82, 2.24) is 20.0 Å². The highest BCUT2D eigenvalue weighted by molar-refractivity contribution is 5.94. The second kappa shape index (κ2) is 6.82. The maximum atomic E-state index is 12.9. The van der Waals surface area contributed by atoms with Crippen molar-refractivity contribution in [3.05, 3.63) is 35.6 Å². The largest absolute Gasteiger partial charge is 0.357 e. The average Bonchev–Trinajstić information content (AvgIpc) is 3.42. The smallest absolute Gasteiger partial charge is 0.256 e. The van der Waals surface area contributed by atoms with Crippen LogP contribution >= 0.6 is 0 Å². The van der Waals surface area contributed by atoms with E-state index in [1.54, 1.807) is 6.20 Å². The quantitative estimate of drug-likeness (QED) is 0.851. The molecule has 1 amide bonds. The number of anilines is 1. The fourth-order valence-corrected chi connectivity index (χ4v) is 3.64. The van der Waals surface area contributed by atoms with Gasteiger partial charge in [0.1, 0.15) is 5.82 Å². The van der Waals surface area contributed by atoms with Crippen molar-refractivity contribution in [2.75, 3.05) is 24.5 Å². The number of aromatic nitrogens is 3. The molecule has 1 atom stereocenters. The number of rotatable bonds is 4. The first-order valence-electron chi connectivity index (χ1n) is 9.10. The number of pyridine rings is 1. The number of aryl methyl sites for hydroxylation is 1. The molecule has 0 aliphatic carbocycles. The van der Waals surface area contributed by atoms with E-state index in [2.05, 4.69) is 20.0 Å². The lowest BCUT2D eigenvalue weighted by atomic mass is 10.2. The normalized spacial score (nSPS) is 20.4. The molecule has 25 heavy (non-hydrogen) atoms. The van der Waals surface area contributed by atoms with Crippen molar-refractivity contribution in [3.63, 3.8) is 0 Å². The van der Waals surface area contributed by atoms with E-state index in [9.17, 15) is 4.79 Å². The molecule has 0 saturated carbocycles. The summed E-state index contributed by atoms with van der Waals surface area (Å²) in [6.45, 7) is 4.79. The minimum absolute atomic E-state index is 0.00850. The van der Waals surface area contributed by atoms with Gasteiger partial charge in [-0.1, -0.05) is 12.1 Å². The number of carbonyl (C=O) groups excluding carboxylic acids is 1. The van der Waals surface area contributed by atoms with Crippen LogP contribution in [0.1, 0.15) is 60.7 Å². The van der Waals surface area contributed by atoms with Crippen LogP contribution < -0.4 is 4.90 Å². The van der Waals surface area contributed by atoms with Crippen LogP contribution in [0.4, 0.5) is 5.82 Å². The molecule has 0 bridgehead atoms. The molecular formula is C18H23N5O2. The third kappa shape index (κ3) is 3.10. The Hall–Kier alpha value is -2.44. The number of hydrogen-bond acceptors (Lipinski definition) is 6. The summed E-state index contributed by atoms with van der Waals surface area (Å²) < 4.78 is 5.22. The van der Waals surface area contributed by atoms with E-state index in [4.69, 9.17) is 4.52 Å². The molecule has 2 aromatic heterocycles. The fraction of sp³-hybridized carbons (Fsp3) is 0.556. The summed E-state index contributed by atoms with van der Waals surface area (Å²) in [5.41, 5.74) is 0.619. The van der Waals surface area contributed by atoms with Gasteiger partial charge in [0, 0.05) is 32.3 Å². The fourth-order valence-electron chi connectivity index (χ4n) is 3.64. The lowest BCUT2D eigenvalue weighted by molar-refractivity contribution is 0.0728. The van der Waals surface area contributed by atoms with E-state index in [0.29, 0.717) is 30.2 Å². The second-order valence-corrected chi connectivity index (χ2v) is 6.66. The van der Waals surface area contributed by atoms with Crippen LogP contribution in [0.5, 0.6) is 0 Å². The van der Waals surface area contributed by atoms with Crippen molar-refractivity contribution in [2.24, 2.45) is 0 Å². The van der Waals surface area contributed by atoms with Gasteiger partial charge in [0.15, 0.2) is 5.82 Å². The van der Waals surface area contributed by atoms with Crippen LogP contribution in [0.2, 0.25) is 0 Å². The van der Waals surface area contributed by atoms with Gasteiger partial charge in [-0.05, 0) is 37.8 Å². The van der Waals surface area contributed by atoms with E-state index in [1.165, 1.54) is 12.8 Å². The summed E-state index contributed by atoms with van der Waals surface area (Å²) in [7, 11) is 0. The Kier molecular flexibility index (Phi) is 4.38. The Morgan fingerprint density at radius 1 is 1.24 bits per heavy atom. The summed E-state index contributed by atoms with van der Waals surface area (Å²) in [6, 6.07) is 3.73. The zero-order valence-electron chi connectivity index (χ0n) is 14.5. The molecule has 7 nitrogen and oxygen atoms in total. The zero-order valence-corrected chi connectivity index (χ0v) is 14.5. The third-order valence-corrected chi connectivity index (χ3v) is 5.02. The Labute approximate surface area is 147 Å².